The lowest BCUT2D eigenvalue weighted by atomic mass is 10.2. The average Bonchev–Trinajstić information content (AvgIpc) is 2.62. The highest BCUT2D eigenvalue weighted by Gasteiger charge is 2.28. The minimum Gasteiger partial charge on any atom is -0.479 e. The molecule has 6 nitrogen and oxygen atoms in total. The van der Waals surface area contributed by atoms with E-state index in [-0.39, 0.29) is 5.82 Å². The van der Waals surface area contributed by atoms with Crippen molar-refractivity contribution >= 4 is 5.97 Å². The van der Waals surface area contributed by atoms with Crippen LogP contribution in [-0.2, 0) is 11.3 Å². The zero-order chi connectivity index (χ0) is 10.7. The molecule has 0 aliphatic heterocycles. The fraction of sp³-hybridized carbons (Fsp3) is 0.500. The summed E-state index contributed by atoms with van der Waals surface area (Å²) < 4.78 is 1.57. The molecule has 2 atom stereocenters. The van der Waals surface area contributed by atoms with E-state index in [0.717, 1.165) is 0 Å². The number of carboxylic acids is 1. The Morgan fingerprint density at radius 2 is 2.29 bits per heavy atom. The van der Waals surface area contributed by atoms with Crippen molar-refractivity contribution in [1.82, 2.24) is 9.55 Å². The van der Waals surface area contributed by atoms with E-state index in [0.29, 0.717) is 6.54 Å². The van der Waals surface area contributed by atoms with Crippen LogP contribution in [0.4, 0.5) is 0 Å². The van der Waals surface area contributed by atoms with E-state index < -0.39 is 18.2 Å². The lowest BCUT2D eigenvalue weighted by Gasteiger charge is -2.14. The van der Waals surface area contributed by atoms with Gasteiger partial charge in [-0.3, -0.25) is 0 Å². The van der Waals surface area contributed by atoms with Crippen molar-refractivity contribution in [3.05, 3.63) is 18.2 Å². The first-order valence-corrected chi connectivity index (χ1v) is 4.18. The molecule has 1 rings (SSSR count). The Balaban J connectivity index is 2.88. The molecule has 1 heterocycles. The van der Waals surface area contributed by atoms with Gasteiger partial charge in [-0.05, 0) is 6.92 Å². The van der Waals surface area contributed by atoms with Gasteiger partial charge in [-0.1, -0.05) is 0 Å². The fourth-order valence-corrected chi connectivity index (χ4v) is 1.13. The number of carboxylic acid groups (broad SMARTS) is 1. The zero-order valence-corrected chi connectivity index (χ0v) is 7.66. The number of nitrogens with zero attached hydrogens (tertiary/aromatic N) is 2. The van der Waals surface area contributed by atoms with Crippen LogP contribution < -0.4 is 0 Å². The van der Waals surface area contributed by atoms with Crippen molar-refractivity contribution in [2.24, 2.45) is 0 Å². The summed E-state index contributed by atoms with van der Waals surface area (Å²) >= 11 is 0. The number of hydrogen-bond acceptors (Lipinski definition) is 4. The Kier molecular flexibility index (Phi) is 3.21. The van der Waals surface area contributed by atoms with E-state index in [9.17, 15) is 9.90 Å². The number of hydrogen-bond donors (Lipinski definition) is 3. The van der Waals surface area contributed by atoms with Gasteiger partial charge < -0.3 is 19.9 Å². The summed E-state index contributed by atoms with van der Waals surface area (Å²) in [7, 11) is 0. The number of aliphatic carboxylic acids is 1. The second kappa shape index (κ2) is 4.21. The molecule has 1 aromatic heterocycles. The maximum Gasteiger partial charge on any atom is 0.335 e. The molecule has 0 spiro atoms. The third-order valence-corrected chi connectivity index (χ3v) is 1.91. The van der Waals surface area contributed by atoms with E-state index in [1.54, 1.807) is 10.8 Å². The standard InChI is InChI=1S/C8H12N2O4/c1-2-10-4-3-9-7(10)5(11)6(12)8(13)14/h3-6,11-12H,2H2,1H3,(H,13,14). The van der Waals surface area contributed by atoms with Crippen molar-refractivity contribution in [2.45, 2.75) is 25.7 Å². The number of aryl methyl sites for hydroxylation is 1. The summed E-state index contributed by atoms with van der Waals surface area (Å²) in [5.41, 5.74) is 0. The summed E-state index contributed by atoms with van der Waals surface area (Å²) in [5.74, 6) is -1.31. The van der Waals surface area contributed by atoms with E-state index in [4.69, 9.17) is 10.2 Å². The molecule has 0 aromatic carbocycles. The highest BCUT2D eigenvalue weighted by atomic mass is 16.4. The van der Waals surface area contributed by atoms with Crippen LogP contribution in [-0.4, -0.2) is 36.9 Å². The minimum absolute atomic E-state index is 0.155. The van der Waals surface area contributed by atoms with E-state index in [1.165, 1.54) is 6.20 Å². The molecule has 0 aliphatic carbocycles. The lowest BCUT2D eigenvalue weighted by molar-refractivity contribution is -0.153. The second-order valence-electron chi connectivity index (χ2n) is 2.80. The third kappa shape index (κ3) is 1.91. The van der Waals surface area contributed by atoms with Crippen LogP contribution in [0.1, 0.15) is 18.9 Å². The Bertz CT molecular complexity index is 323. The van der Waals surface area contributed by atoms with Gasteiger partial charge in [-0.25, -0.2) is 9.78 Å². The molecule has 0 saturated carbocycles. The van der Waals surface area contributed by atoms with Crippen molar-refractivity contribution in [3.8, 4) is 0 Å². The Morgan fingerprint density at radius 1 is 1.64 bits per heavy atom. The van der Waals surface area contributed by atoms with E-state index in [2.05, 4.69) is 4.98 Å². The van der Waals surface area contributed by atoms with Gasteiger partial charge in [0.1, 0.15) is 11.9 Å². The molecule has 0 aliphatic rings. The first-order chi connectivity index (χ1) is 6.57. The first-order valence-electron chi connectivity index (χ1n) is 4.18. The number of aromatic nitrogens is 2. The maximum absolute atomic E-state index is 10.4. The molecule has 0 amide bonds. The van der Waals surface area contributed by atoms with Gasteiger partial charge in [-0.2, -0.15) is 0 Å². The molecular formula is C8H12N2O4. The average molecular weight is 200 g/mol. The van der Waals surface area contributed by atoms with Crippen LogP contribution in [0.5, 0.6) is 0 Å². The maximum atomic E-state index is 10.4. The summed E-state index contributed by atoms with van der Waals surface area (Å²) in [4.78, 5) is 14.2. The van der Waals surface area contributed by atoms with Crippen molar-refractivity contribution < 1.29 is 20.1 Å². The summed E-state index contributed by atoms with van der Waals surface area (Å²) in [5, 5.41) is 27.0. The van der Waals surface area contributed by atoms with Crippen molar-refractivity contribution in [3.63, 3.8) is 0 Å². The SMILES string of the molecule is CCn1ccnc1C(O)C(O)C(=O)O. The predicted octanol–water partition coefficient (Wildman–Crippen LogP) is -0.618. The van der Waals surface area contributed by atoms with Crippen LogP contribution in [0.25, 0.3) is 0 Å². The van der Waals surface area contributed by atoms with Crippen LogP contribution in [0.3, 0.4) is 0 Å². The second-order valence-corrected chi connectivity index (χ2v) is 2.80. The van der Waals surface area contributed by atoms with Gasteiger partial charge in [0.15, 0.2) is 6.10 Å². The molecule has 2 unspecified atom stereocenters. The summed E-state index contributed by atoms with van der Waals surface area (Å²) in [6.07, 6.45) is -0.297. The fourth-order valence-electron chi connectivity index (χ4n) is 1.13. The molecule has 3 N–H and O–H groups in total. The van der Waals surface area contributed by atoms with Gasteiger partial charge in [0.05, 0.1) is 0 Å². The molecule has 78 valence electrons. The molecule has 0 fully saturated rings. The number of rotatable bonds is 4. The van der Waals surface area contributed by atoms with Crippen LogP contribution >= 0.6 is 0 Å². The van der Waals surface area contributed by atoms with E-state index >= 15 is 0 Å². The van der Waals surface area contributed by atoms with Gasteiger partial charge in [0.25, 0.3) is 0 Å². The van der Waals surface area contributed by atoms with Gasteiger partial charge in [0, 0.05) is 18.9 Å². The molecule has 6 heteroatoms. The Morgan fingerprint density at radius 3 is 2.79 bits per heavy atom. The quantitative estimate of drug-likeness (QED) is 0.602. The molecule has 0 saturated heterocycles. The number of aliphatic hydroxyl groups excluding tert-OH is 2. The van der Waals surface area contributed by atoms with Gasteiger partial charge in [-0.15, -0.1) is 0 Å². The minimum atomic E-state index is -1.84. The van der Waals surface area contributed by atoms with Crippen LogP contribution in [0, 0.1) is 0 Å². The third-order valence-electron chi connectivity index (χ3n) is 1.91. The zero-order valence-electron chi connectivity index (χ0n) is 7.66. The largest absolute Gasteiger partial charge is 0.479 e. The van der Waals surface area contributed by atoms with Crippen molar-refractivity contribution in [1.29, 1.82) is 0 Å². The monoisotopic (exact) mass is 200 g/mol. The normalized spacial score (nSPS) is 15.1. The van der Waals surface area contributed by atoms with Gasteiger partial charge >= 0.3 is 5.97 Å². The highest BCUT2D eigenvalue weighted by molar-refractivity contribution is 5.72. The number of carbonyl (C=O) groups is 1. The molecule has 1 aromatic rings. The predicted molar refractivity (Wildman–Crippen MR) is 46.5 cm³/mol. The summed E-state index contributed by atoms with van der Waals surface area (Å²) in [6, 6.07) is 0. The number of imidazole rings is 1. The van der Waals surface area contributed by atoms with E-state index in [1.807, 2.05) is 6.92 Å². The molecular weight excluding hydrogens is 188 g/mol. The van der Waals surface area contributed by atoms with Crippen LogP contribution in [0.15, 0.2) is 12.4 Å². The first kappa shape index (κ1) is 10.7. The molecule has 0 radical (unpaired) electrons. The highest BCUT2D eigenvalue weighted by Crippen LogP contribution is 2.14. The van der Waals surface area contributed by atoms with Crippen molar-refractivity contribution in [2.75, 3.05) is 0 Å². The lowest BCUT2D eigenvalue weighted by Crippen LogP contribution is -2.29. The smallest absolute Gasteiger partial charge is 0.335 e. The number of aliphatic hydroxyl groups is 2. The topological polar surface area (TPSA) is 95.6 Å². The Hall–Kier alpha value is -1.40. The molecule has 0 bridgehead atoms. The van der Waals surface area contributed by atoms with Crippen LogP contribution in [0.2, 0.25) is 0 Å². The van der Waals surface area contributed by atoms with Gasteiger partial charge in [0.2, 0.25) is 0 Å². The summed E-state index contributed by atoms with van der Waals surface area (Å²) in [6.45, 7) is 2.38. The molecule has 14 heavy (non-hydrogen) atoms. The Labute approximate surface area is 80.4 Å².